The van der Waals surface area contributed by atoms with Crippen molar-refractivity contribution in [1.82, 2.24) is 24.0 Å². The van der Waals surface area contributed by atoms with Crippen LogP contribution in [0.5, 0.6) is 0 Å². The number of aryl methyl sites for hydroxylation is 1. The van der Waals surface area contributed by atoms with Crippen molar-refractivity contribution < 1.29 is 14.0 Å². The van der Waals surface area contributed by atoms with Crippen LogP contribution >= 0.6 is 0 Å². The first-order valence-electron chi connectivity index (χ1n) is 11.1. The Morgan fingerprint density at radius 3 is 2.36 bits per heavy atom. The zero-order valence-corrected chi connectivity index (χ0v) is 20.0. The summed E-state index contributed by atoms with van der Waals surface area (Å²) >= 11 is 0. The maximum atomic E-state index is 13.4. The average molecular weight is 493 g/mol. The van der Waals surface area contributed by atoms with Crippen molar-refractivity contribution in [2.45, 2.75) is 19.0 Å². The second-order valence-electron chi connectivity index (χ2n) is 8.43. The predicted octanol–water partition coefficient (Wildman–Crippen LogP) is 0.963. The summed E-state index contributed by atoms with van der Waals surface area (Å²) in [7, 11) is 4.38. The molecule has 36 heavy (non-hydrogen) atoms. The van der Waals surface area contributed by atoms with Gasteiger partial charge < -0.3 is 14.8 Å². The number of benzene rings is 2. The van der Waals surface area contributed by atoms with Crippen molar-refractivity contribution in [1.29, 1.82) is 0 Å². The van der Waals surface area contributed by atoms with Gasteiger partial charge in [-0.1, -0.05) is 30.3 Å². The molecule has 1 atom stereocenters. The third-order valence-corrected chi connectivity index (χ3v) is 5.99. The number of nitrogens with zero attached hydrogens (tertiary/aromatic N) is 5. The number of imidazole rings is 1. The van der Waals surface area contributed by atoms with Crippen molar-refractivity contribution in [3.05, 3.63) is 93.1 Å². The lowest BCUT2D eigenvalue weighted by Crippen LogP contribution is -2.49. The van der Waals surface area contributed by atoms with E-state index in [2.05, 4.69) is 10.3 Å². The van der Waals surface area contributed by atoms with Gasteiger partial charge in [0.25, 0.3) is 5.56 Å². The van der Waals surface area contributed by atoms with Crippen LogP contribution in [0.25, 0.3) is 11.2 Å². The van der Waals surface area contributed by atoms with Crippen LogP contribution in [-0.2, 0) is 36.6 Å². The van der Waals surface area contributed by atoms with E-state index < -0.39 is 34.9 Å². The third-order valence-electron chi connectivity index (χ3n) is 5.99. The molecule has 2 amide bonds. The molecule has 0 unspecified atom stereocenters. The molecule has 186 valence electrons. The number of carbonyl (C=O) groups is 2. The number of carbonyl (C=O) groups excluding carboxylic acids is 2. The zero-order chi connectivity index (χ0) is 26.0. The maximum Gasteiger partial charge on any atom is 0.332 e. The largest absolute Gasteiger partial charge is 0.342 e. The summed E-state index contributed by atoms with van der Waals surface area (Å²) in [5.41, 5.74) is 0.457. The van der Waals surface area contributed by atoms with Gasteiger partial charge in [0, 0.05) is 33.3 Å². The fraction of sp³-hybridized carbons (Fsp3) is 0.240. The van der Waals surface area contributed by atoms with Crippen LogP contribution in [0.15, 0.2) is 70.5 Å². The molecule has 0 radical (unpaired) electrons. The van der Waals surface area contributed by atoms with E-state index in [1.807, 2.05) is 30.3 Å². The van der Waals surface area contributed by atoms with Gasteiger partial charge in [-0.3, -0.25) is 23.5 Å². The van der Waals surface area contributed by atoms with Gasteiger partial charge in [0.2, 0.25) is 11.8 Å². The molecule has 0 bridgehead atoms. The lowest BCUT2D eigenvalue weighted by atomic mass is 10.0. The topological polar surface area (TPSA) is 111 Å². The Labute approximate surface area is 205 Å². The number of rotatable bonds is 7. The van der Waals surface area contributed by atoms with Crippen LogP contribution in [0.3, 0.4) is 0 Å². The number of halogens is 1. The molecule has 0 aliphatic carbocycles. The standard InChI is InChI=1S/C25H25FN6O4/c1-29(18-11-9-17(26)10-12-18)23(34)19(13-16-7-5-4-6-8-16)28-20(33)14-32-15-27-22-21(32)24(35)31(3)25(36)30(22)2/h4-12,15,19H,13-14H2,1-3H3,(H,28,33)/t19-/m0/s1. The summed E-state index contributed by atoms with van der Waals surface area (Å²) in [5.74, 6) is -1.34. The minimum atomic E-state index is -0.933. The first-order valence-corrected chi connectivity index (χ1v) is 11.1. The minimum absolute atomic E-state index is 0.101. The molecule has 0 fully saturated rings. The van der Waals surface area contributed by atoms with Crippen molar-refractivity contribution in [2.24, 2.45) is 14.1 Å². The number of aromatic nitrogens is 4. The monoisotopic (exact) mass is 492 g/mol. The first kappa shape index (κ1) is 24.6. The Hall–Kier alpha value is -4.54. The Kier molecular flexibility index (Phi) is 6.82. The number of likely N-dealkylation sites (N-methyl/N-ethyl adjacent to an activating group) is 1. The summed E-state index contributed by atoms with van der Waals surface area (Å²) in [5, 5.41) is 2.76. The van der Waals surface area contributed by atoms with Gasteiger partial charge in [0.15, 0.2) is 11.2 Å². The Bertz CT molecular complexity index is 1540. The summed E-state index contributed by atoms with van der Waals surface area (Å²) in [6.07, 6.45) is 1.53. The SMILES string of the molecule is CN(C(=O)[C@H](Cc1ccccc1)NC(=O)Cn1cnc2c1c(=O)n(C)c(=O)n2C)c1ccc(F)cc1. The number of anilines is 1. The van der Waals surface area contributed by atoms with E-state index in [9.17, 15) is 23.6 Å². The smallest absolute Gasteiger partial charge is 0.332 e. The molecule has 0 aliphatic rings. The summed E-state index contributed by atoms with van der Waals surface area (Å²) in [6.45, 7) is -0.289. The normalized spacial score (nSPS) is 11.9. The van der Waals surface area contributed by atoms with Crippen LogP contribution in [0.4, 0.5) is 10.1 Å². The second kappa shape index (κ2) is 9.98. The molecule has 1 N–H and O–H groups in total. The van der Waals surface area contributed by atoms with Crippen molar-refractivity contribution in [3.63, 3.8) is 0 Å². The lowest BCUT2D eigenvalue weighted by molar-refractivity contribution is -0.127. The van der Waals surface area contributed by atoms with Crippen molar-refractivity contribution >= 4 is 28.7 Å². The van der Waals surface area contributed by atoms with Gasteiger partial charge in [0.1, 0.15) is 18.4 Å². The molecular weight excluding hydrogens is 467 g/mol. The second-order valence-corrected chi connectivity index (χ2v) is 8.43. The van der Waals surface area contributed by atoms with E-state index in [1.54, 1.807) is 7.05 Å². The Morgan fingerprint density at radius 2 is 1.69 bits per heavy atom. The number of nitrogens with one attached hydrogen (secondary N) is 1. The van der Waals surface area contributed by atoms with Gasteiger partial charge in [-0.2, -0.15) is 0 Å². The lowest BCUT2D eigenvalue weighted by Gasteiger charge is -2.25. The first-order chi connectivity index (χ1) is 17.2. The van der Waals surface area contributed by atoms with Crippen LogP contribution in [-0.4, -0.2) is 43.6 Å². The maximum absolute atomic E-state index is 13.4. The van der Waals surface area contributed by atoms with Crippen LogP contribution in [0.2, 0.25) is 0 Å². The van der Waals surface area contributed by atoms with Gasteiger partial charge in [-0.15, -0.1) is 0 Å². The molecule has 10 nitrogen and oxygen atoms in total. The molecule has 11 heteroatoms. The zero-order valence-electron chi connectivity index (χ0n) is 20.0. The molecule has 0 saturated heterocycles. The predicted molar refractivity (Wildman–Crippen MR) is 132 cm³/mol. The van der Waals surface area contributed by atoms with E-state index in [1.165, 1.54) is 58.7 Å². The van der Waals surface area contributed by atoms with Crippen LogP contribution < -0.4 is 21.5 Å². The third kappa shape index (κ3) is 4.81. The fourth-order valence-electron chi connectivity index (χ4n) is 3.99. The van der Waals surface area contributed by atoms with E-state index in [-0.39, 0.29) is 24.1 Å². The fourth-order valence-corrected chi connectivity index (χ4v) is 3.99. The van der Waals surface area contributed by atoms with E-state index >= 15 is 0 Å². The molecule has 0 saturated carbocycles. The van der Waals surface area contributed by atoms with Gasteiger partial charge >= 0.3 is 5.69 Å². The summed E-state index contributed by atoms with van der Waals surface area (Å²) in [6, 6.07) is 13.7. The van der Waals surface area contributed by atoms with Gasteiger partial charge in [0.05, 0.1) is 6.33 Å². The Morgan fingerprint density at radius 1 is 1.03 bits per heavy atom. The number of fused-ring (bicyclic) bond motifs is 1. The highest BCUT2D eigenvalue weighted by Gasteiger charge is 2.26. The highest BCUT2D eigenvalue weighted by atomic mass is 19.1. The van der Waals surface area contributed by atoms with Gasteiger partial charge in [-0.05, 0) is 29.8 Å². The summed E-state index contributed by atoms with van der Waals surface area (Å²) in [4.78, 5) is 56.7. The van der Waals surface area contributed by atoms with E-state index in [0.29, 0.717) is 5.69 Å². The number of amides is 2. The quantitative estimate of drug-likeness (QED) is 0.413. The van der Waals surface area contributed by atoms with Crippen LogP contribution in [0, 0.1) is 5.82 Å². The highest BCUT2D eigenvalue weighted by molar-refractivity contribution is 5.99. The molecule has 4 rings (SSSR count). The average Bonchev–Trinajstić information content (AvgIpc) is 3.29. The molecule has 4 aromatic rings. The highest BCUT2D eigenvalue weighted by Crippen LogP contribution is 2.16. The summed E-state index contributed by atoms with van der Waals surface area (Å²) < 4.78 is 16.9. The van der Waals surface area contributed by atoms with Crippen molar-refractivity contribution in [2.75, 3.05) is 11.9 Å². The van der Waals surface area contributed by atoms with E-state index in [4.69, 9.17) is 0 Å². The number of hydrogen-bond donors (Lipinski definition) is 1. The Balaban J connectivity index is 1.61. The van der Waals surface area contributed by atoms with Gasteiger partial charge in [-0.25, -0.2) is 14.2 Å². The molecule has 2 aromatic heterocycles. The molecule has 0 aliphatic heterocycles. The molecule has 0 spiro atoms. The minimum Gasteiger partial charge on any atom is -0.342 e. The number of hydrogen-bond acceptors (Lipinski definition) is 5. The van der Waals surface area contributed by atoms with E-state index in [0.717, 1.165) is 10.1 Å². The molecular formula is C25H25FN6O4. The van der Waals surface area contributed by atoms with Crippen LogP contribution in [0.1, 0.15) is 5.56 Å². The molecule has 2 heterocycles. The van der Waals surface area contributed by atoms with Crippen molar-refractivity contribution in [3.8, 4) is 0 Å². The molecule has 2 aromatic carbocycles.